The molecule has 1 aromatic carbocycles. The molecule has 1 heterocycles. The Hall–Kier alpha value is -0.630. The summed E-state index contributed by atoms with van der Waals surface area (Å²) in [4.78, 5) is 0. The van der Waals surface area contributed by atoms with Crippen LogP contribution < -0.4 is 4.74 Å². The number of benzene rings is 1. The van der Waals surface area contributed by atoms with Gasteiger partial charge in [0.25, 0.3) is 0 Å². The molecule has 1 aliphatic heterocycles. The molecule has 0 radical (unpaired) electrons. The van der Waals surface area contributed by atoms with E-state index < -0.39 is 0 Å². The molecule has 100 valence electrons. The van der Waals surface area contributed by atoms with Gasteiger partial charge in [-0.15, -0.1) is 0 Å². The first-order chi connectivity index (χ1) is 9.30. The monoisotopic (exact) mass is 272 g/mol. The third-order valence-corrected chi connectivity index (χ3v) is 8.28. The minimum atomic E-state index is 0.524. The average molecular weight is 272 g/mol. The molecule has 5 rings (SSSR count). The molecule has 2 bridgehead atoms. The fraction of sp³-hybridized carbons (Fsp3) is 0.647. The first kappa shape index (κ1) is 11.1. The predicted molar refractivity (Wildman–Crippen MR) is 79.2 cm³/mol. The molecule has 19 heavy (non-hydrogen) atoms. The van der Waals surface area contributed by atoms with E-state index >= 15 is 0 Å². The topological polar surface area (TPSA) is 9.23 Å². The molecule has 1 unspecified atom stereocenters. The third kappa shape index (κ3) is 1.05. The maximum absolute atomic E-state index is 5.50. The smallest absolute Gasteiger partial charge is 0.119 e. The van der Waals surface area contributed by atoms with Crippen LogP contribution in [0.25, 0.3) is 0 Å². The van der Waals surface area contributed by atoms with Crippen LogP contribution >= 0.6 is 11.8 Å². The normalized spacial score (nSPS) is 45.1. The molecular weight excluding hydrogens is 252 g/mol. The molecule has 0 amide bonds. The molecule has 4 atom stereocenters. The molecule has 1 nitrogen and oxygen atoms in total. The number of hydrogen-bond donors (Lipinski definition) is 0. The first-order valence-electron chi connectivity index (χ1n) is 7.61. The Balaban J connectivity index is 1.76. The van der Waals surface area contributed by atoms with Crippen molar-refractivity contribution in [2.75, 3.05) is 12.9 Å². The lowest BCUT2D eigenvalue weighted by molar-refractivity contribution is 0.223. The van der Waals surface area contributed by atoms with Crippen LogP contribution in [0, 0.1) is 5.92 Å². The summed E-state index contributed by atoms with van der Waals surface area (Å²) < 4.78 is 5.50. The van der Waals surface area contributed by atoms with Gasteiger partial charge in [0, 0.05) is 21.8 Å². The van der Waals surface area contributed by atoms with Crippen LogP contribution in [-0.4, -0.2) is 18.1 Å². The van der Waals surface area contributed by atoms with E-state index in [1.165, 1.54) is 37.9 Å². The van der Waals surface area contributed by atoms with E-state index in [1.54, 1.807) is 18.2 Å². The molecule has 1 saturated heterocycles. The van der Waals surface area contributed by atoms with Gasteiger partial charge in [-0.1, -0.05) is 18.9 Å². The maximum Gasteiger partial charge on any atom is 0.119 e. The average Bonchev–Trinajstić information content (AvgIpc) is 2.83. The van der Waals surface area contributed by atoms with Crippen LogP contribution in [-0.2, 0) is 10.8 Å². The van der Waals surface area contributed by atoms with E-state index in [0.717, 1.165) is 16.9 Å². The molecule has 2 spiro atoms. The summed E-state index contributed by atoms with van der Waals surface area (Å²) >= 11 is 2.25. The SMILES string of the molecule is COc1ccc2c(c1)[C@]13CCCC[C@H]1[C@@H]1SCC21C3. The van der Waals surface area contributed by atoms with Gasteiger partial charge >= 0.3 is 0 Å². The maximum atomic E-state index is 5.50. The highest BCUT2D eigenvalue weighted by atomic mass is 32.2. The van der Waals surface area contributed by atoms with Gasteiger partial charge in [0.05, 0.1) is 7.11 Å². The Morgan fingerprint density at radius 1 is 1.21 bits per heavy atom. The van der Waals surface area contributed by atoms with Gasteiger partial charge in [-0.05, 0) is 48.4 Å². The molecule has 0 N–H and O–H groups in total. The molecule has 4 aliphatic rings. The summed E-state index contributed by atoms with van der Waals surface area (Å²) in [5.41, 5.74) is 4.45. The summed E-state index contributed by atoms with van der Waals surface area (Å²) in [5.74, 6) is 3.39. The predicted octanol–water partition coefficient (Wildman–Crippen LogP) is 3.89. The minimum absolute atomic E-state index is 0.524. The van der Waals surface area contributed by atoms with E-state index in [-0.39, 0.29) is 0 Å². The summed E-state index contributed by atoms with van der Waals surface area (Å²) in [5, 5.41) is 0.939. The highest BCUT2D eigenvalue weighted by molar-refractivity contribution is 8.01. The molecular formula is C17H20OS. The minimum Gasteiger partial charge on any atom is -0.497 e. The number of ether oxygens (including phenoxy) is 1. The molecule has 0 aromatic heterocycles. The van der Waals surface area contributed by atoms with Crippen molar-refractivity contribution in [1.29, 1.82) is 0 Å². The van der Waals surface area contributed by atoms with Gasteiger partial charge in [-0.2, -0.15) is 11.8 Å². The van der Waals surface area contributed by atoms with Crippen LogP contribution in [0.1, 0.15) is 43.2 Å². The fourth-order valence-corrected chi connectivity index (χ4v) is 7.63. The summed E-state index contributed by atoms with van der Waals surface area (Å²) in [6, 6.07) is 6.95. The van der Waals surface area contributed by atoms with Crippen LogP contribution in [0.3, 0.4) is 0 Å². The lowest BCUT2D eigenvalue weighted by Gasteiger charge is -2.51. The van der Waals surface area contributed by atoms with Crippen molar-refractivity contribution in [3.63, 3.8) is 0 Å². The van der Waals surface area contributed by atoms with E-state index in [0.29, 0.717) is 10.8 Å². The van der Waals surface area contributed by atoms with Gasteiger partial charge in [0.2, 0.25) is 0 Å². The van der Waals surface area contributed by atoms with Crippen molar-refractivity contribution in [2.24, 2.45) is 5.92 Å². The van der Waals surface area contributed by atoms with E-state index in [1.807, 2.05) is 0 Å². The van der Waals surface area contributed by atoms with Gasteiger partial charge in [0.1, 0.15) is 5.75 Å². The van der Waals surface area contributed by atoms with Crippen LogP contribution in [0.4, 0.5) is 0 Å². The summed E-state index contributed by atoms with van der Waals surface area (Å²) in [7, 11) is 1.80. The Morgan fingerprint density at radius 3 is 2.95 bits per heavy atom. The lowest BCUT2D eigenvalue weighted by atomic mass is 9.63. The molecule has 2 heteroatoms. The number of hydrogen-bond acceptors (Lipinski definition) is 2. The number of thioether (sulfide) groups is 1. The highest BCUT2D eigenvalue weighted by Gasteiger charge is 2.71. The van der Waals surface area contributed by atoms with Crippen molar-refractivity contribution in [2.45, 2.75) is 48.2 Å². The van der Waals surface area contributed by atoms with Crippen molar-refractivity contribution in [1.82, 2.24) is 0 Å². The van der Waals surface area contributed by atoms with Crippen LogP contribution in [0.2, 0.25) is 0 Å². The van der Waals surface area contributed by atoms with E-state index in [2.05, 4.69) is 30.0 Å². The van der Waals surface area contributed by atoms with Gasteiger partial charge in [0.15, 0.2) is 0 Å². The van der Waals surface area contributed by atoms with Crippen molar-refractivity contribution < 1.29 is 4.74 Å². The second-order valence-corrected chi connectivity index (χ2v) is 8.11. The Labute approximate surface area is 119 Å². The second-order valence-electron chi connectivity index (χ2n) is 6.98. The number of methoxy groups -OCH3 is 1. The van der Waals surface area contributed by atoms with Gasteiger partial charge in [-0.25, -0.2) is 0 Å². The largest absolute Gasteiger partial charge is 0.497 e. The van der Waals surface area contributed by atoms with Crippen molar-refractivity contribution >= 4 is 11.8 Å². The van der Waals surface area contributed by atoms with Crippen LogP contribution in [0.15, 0.2) is 18.2 Å². The molecule has 3 fully saturated rings. The van der Waals surface area contributed by atoms with Crippen LogP contribution in [0.5, 0.6) is 5.75 Å². The molecule has 3 aliphatic carbocycles. The zero-order chi connectivity index (χ0) is 12.7. The Kier molecular flexibility index (Phi) is 1.94. The first-order valence-corrected chi connectivity index (χ1v) is 8.66. The number of rotatable bonds is 1. The Morgan fingerprint density at radius 2 is 2.16 bits per heavy atom. The van der Waals surface area contributed by atoms with Gasteiger partial charge < -0.3 is 4.74 Å². The summed E-state index contributed by atoms with van der Waals surface area (Å²) in [6.45, 7) is 0. The quantitative estimate of drug-likeness (QED) is 0.767. The van der Waals surface area contributed by atoms with Crippen molar-refractivity contribution in [3.8, 4) is 5.75 Å². The summed E-state index contributed by atoms with van der Waals surface area (Å²) in [6.07, 6.45) is 7.23. The van der Waals surface area contributed by atoms with E-state index in [4.69, 9.17) is 4.74 Å². The number of fused-ring (bicyclic) bond motifs is 2. The van der Waals surface area contributed by atoms with Gasteiger partial charge in [-0.3, -0.25) is 0 Å². The fourth-order valence-electron chi connectivity index (χ4n) is 5.78. The Bertz CT molecular complexity index is 568. The van der Waals surface area contributed by atoms with Crippen molar-refractivity contribution in [3.05, 3.63) is 29.3 Å². The molecule has 2 saturated carbocycles. The zero-order valence-corrected chi connectivity index (χ0v) is 12.3. The third-order valence-electron chi connectivity index (χ3n) is 6.46. The highest BCUT2D eigenvalue weighted by Crippen LogP contribution is 2.75. The standard InChI is InChI=1S/C17H20OS/c1-18-11-5-6-12-14(8-11)16-7-3-2-4-13(16)15-17(12,9-16)10-19-15/h5-6,8,13,15H,2-4,7,9-10H2,1H3/t13-,15-,16-,17?/m0/s1. The lowest BCUT2D eigenvalue weighted by Crippen LogP contribution is -2.50. The van der Waals surface area contributed by atoms with E-state index in [9.17, 15) is 0 Å². The second kappa shape index (κ2) is 3.33. The molecule has 1 aromatic rings. The zero-order valence-electron chi connectivity index (χ0n) is 11.4.